The molecule has 1 aromatic heterocycles. The molecule has 2 atom stereocenters. The molecule has 0 radical (unpaired) electrons. The highest BCUT2D eigenvalue weighted by Crippen LogP contribution is 2.19. The number of carboxylic acids is 1. The maximum absolute atomic E-state index is 11.9. The first-order valence-corrected chi connectivity index (χ1v) is 7.73. The molecule has 0 spiro atoms. The SMILES string of the molecule is O=C(NCCCc1nc2ccccc2[nH]1)[C@@H]1CC[C@H](C(=O)O)O1. The predicted molar refractivity (Wildman–Crippen MR) is 83.0 cm³/mol. The van der Waals surface area contributed by atoms with Gasteiger partial charge in [0.25, 0.3) is 0 Å². The van der Waals surface area contributed by atoms with Crippen LogP contribution in [0.2, 0.25) is 0 Å². The third-order valence-electron chi connectivity index (χ3n) is 3.92. The van der Waals surface area contributed by atoms with E-state index in [0.717, 1.165) is 29.7 Å². The van der Waals surface area contributed by atoms with Crippen molar-refractivity contribution in [1.82, 2.24) is 15.3 Å². The summed E-state index contributed by atoms with van der Waals surface area (Å²) >= 11 is 0. The van der Waals surface area contributed by atoms with Gasteiger partial charge in [-0.3, -0.25) is 4.79 Å². The molecule has 0 unspecified atom stereocenters. The molecule has 0 bridgehead atoms. The lowest BCUT2D eigenvalue weighted by molar-refractivity contribution is -0.151. The van der Waals surface area contributed by atoms with Gasteiger partial charge in [0.1, 0.15) is 11.9 Å². The van der Waals surface area contributed by atoms with Crippen LogP contribution in [0.3, 0.4) is 0 Å². The van der Waals surface area contributed by atoms with E-state index in [4.69, 9.17) is 9.84 Å². The zero-order valence-electron chi connectivity index (χ0n) is 12.6. The number of nitrogens with one attached hydrogen (secondary N) is 2. The first-order valence-electron chi connectivity index (χ1n) is 7.73. The lowest BCUT2D eigenvalue weighted by Gasteiger charge is -2.11. The molecule has 1 fully saturated rings. The number of H-pyrrole nitrogens is 1. The molecule has 3 N–H and O–H groups in total. The third-order valence-corrected chi connectivity index (χ3v) is 3.92. The number of hydrogen-bond donors (Lipinski definition) is 3. The Balaban J connectivity index is 1.41. The van der Waals surface area contributed by atoms with Crippen LogP contribution in [0.1, 0.15) is 25.1 Å². The number of ether oxygens (including phenoxy) is 1. The van der Waals surface area contributed by atoms with Crippen molar-refractivity contribution in [3.63, 3.8) is 0 Å². The fourth-order valence-corrected chi connectivity index (χ4v) is 2.72. The summed E-state index contributed by atoms with van der Waals surface area (Å²) in [6, 6.07) is 7.83. The normalized spacial score (nSPS) is 20.7. The van der Waals surface area contributed by atoms with Gasteiger partial charge in [-0.2, -0.15) is 0 Å². The van der Waals surface area contributed by atoms with E-state index in [1.807, 2.05) is 24.3 Å². The van der Waals surface area contributed by atoms with Gasteiger partial charge < -0.3 is 20.1 Å². The summed E-state index contributed by atoms with van der Waals surface area (Å²) in [6.45, 7) is 0.507. The molecule has 7 heteroatoms. The predicted octanol–water partition coefficient (Wildman–Crippen LogP) is 1.24. The number of aliphatic carboxylic acids is 1. The van der Waals surface area contributed by atoms with Gasteiger partial charge in [0.15, 0.2) is 6.10 Å². The van der Waals surface area contributed by atoms with Crippen LogP contribution >= 0.6 is 0 Å². The zero-order chi connectivity index (χ0) is 16.2. The van der Waals surface area contributed by atoms with E-state index in [2.05, 4.69) is 15.3 Å². The Hall–Kier alpha value is -2.41. The number of imidazole rings is 1. The standard InChI is InChI=1S/C16H19N3O4/c20-15(12-7-8-13(23-12)16(21)22)17-9-3-6-14-18-10-4-1-2-5-11(10)19-14/h1-2,4-5,12-13H,3,6-9H2,(H,17,20)(H,18,19)(H,21,22)/t12-,13+/m0/s1. The number of aryl methyl sites for hydroxylation is 1. The van der Waals surface area contributed by atoms with Gasteiger partial charge in [0, 0.05) is 13.0 Å². The fourth-order valence-electron chi connectivity index (χ4n) is 2.72. The molecule has 1 aliphatic heterocycles. The number of carbonyl (C=O) groups is 2. The quantitative estimate of drug-likeness (QED) is 0.695. The van der Waals surface area contributed by atoms with Gasteiger partial charge in [-0.25, -0.2) is 9.78 Å². The molecule has 1 aromatic carbocycles. The van der Waals surface area contributed by atoms with E-state index in [-0.39, 0.29) is 5.91 Å². The molecule has 122 valence electrons. The molecule has 3 rings (SSSR count). The number of para-hydroxylation sites is 2. The van der Waals surface area contributed by atoms with Gasteiger partial charge in [0.2, 0.25) is 5.91 Å². The lowest BCUT2D eigenvalue weighted by atomic mass is 10.2. The number of amides is 1. The number of aromatic nitrogens is 2. The highest BCUT2D eigenvalue weighted by molar-refractivity contribution is 5.82. The Morgan fingerprint density at radius 3 is 2.83 bits per heavy atom. The van der Waals surface area contributed by atoms with E-state index in [9.17, 15) is 9.59 Å². The Morgan fingerprint density at radius 1 is 1.30 bits per heavy atom. The second-order valence-electron chi connectivity index (χ2n) is 5.62. The molecule has 2 heterocycles. The Bertz CT molecular complexity index is 679. The number of carbonyl (C=O) groups excluding carboxylic acids is 1. The minimum Gasteiger partial charge on any atom is -0.479 e. The second-order valence-corrected chi connectivity index (χ2v) is 5.62. The molecule has 1 amide bonds. The minimum absolute atomic E-state index is 0.238. The highest BCUT2D eigenvalue weighted by atomic mass is 16.5. The average Bonchev–Trinajstić information content (AvgIpc) is 3.17. The smallest absolute Gasteiger partial charge is 0.332 e. The van der Waals surface area contributed by atoms with E-state index in [1.165, 1.54) is 0 Å². The van der Waals surface area contributed by atoms with Gasteiger partial charge in [0.05, 0.1) is 11.0 Å². The molecular weight excluding hydrogens is 298 g/mol. The maximum atomic E-state index is 11.9. The summed E-state index contributed by atoms with van der Waals surface area (Å²) in [6.07, 6.45) is 0.807. The van der Waals surface area contributed by atoms with Crippen molar-refractivity contribution in [3.05, 3.63) is 30.1 Å². The van der Waals surface area contributed by atoms with Gasteiger partial charge >= 0.3 is 5.97 Å². The van der Waals surface area contributed by atoms with Crippen molar-refractivity contribution in [1.29, 1.82) is 0 Å². The monoisotopic (exact) mass is 317 g/mol. The van der Waals surface area contributed by atoms with Crippen molar-refractivity contribution >= 4 is 22.9 Å². The lowest BCUT2D eigenvalue weighted by Crippen LogP contribution is -2.36. The fraction of sp³-hybridized carbons (Fsp3) is 0.438. The van der Waals surface area contributed by atoms with Crippen LogP contribution in [0.25, 0.3) is 11.0 Å². The average molecular weight is 317 g/mol. The van der Waals surface area contributed by atoms with Crippen molar-refractivity contribution in [2.45, 2.75) is 37.9 Å². The largest absolute Gasteiger partial charge is 0.479 e. The second kappa shape index (κ2) is 6.78. The number of aromatic amines is 1. The number of fused-ring (bicyclic) bond motifs is 1. The Morgan fingerprint density at radius 2 is 2.09 bits per heavy atom. The number of carboxylic acid groups (broad SMARTS) is 1. The van der Waals surface area contributed by atoms with Crippen molar-refractivity contribution in [3.8, 4) is 0 Å². The van der Waals surface area contributed by atoms with E-state index in [0.29, 0.717) is 19.4 Å². The van der Waals surface area contributed by atoms with Crippen LogP contribution in [0.4, 0.5) is 0 Å². The Labute approximate surface area is 133 Å². The molecule has 23 heavy (non-hydrogen) atoms. The number of hydrogen-bond acceptors (Lipinski definition) is 4. The highest BCUT2D eigenvalue weighted by Gasteiger charge is 2.34. The molecule has 0 saturated carbocycles. The number of nitrogens with zero attached hydrogens (tertiary/aromatic N) is 1. The molecule has 1 aliphatic rings. The zero-order valence-corrected chi connectivity index (χ0v) is 12.6. The van der Waals surface area contributed by atoms with Crippen LogP contribution in [0, 0.1) is 0 Å². The Kier molecular flexibility index (Phi) is 4.57. The van der Waals surface area contributed by atoms with Gasteiger partial charge in [-0.15, -0.1) is 0 Å². The van der Waals surface area contributed by atoms with E-state index < -0.39 is 18.2 Å². The topological polar surface area (TPSA) is 104 Å². The summed E-state index contributed by atoms with van der Waals surface area (Å²) in [5.41, 5.74) is 1.94. The summed E-state index contributed by atoms with van der Waals surface area (Å²) in [4.78, 5) is 30.4. The number of rotatable bonds is 6. The first kappa shape index (κ1) is 15.5. The van der Waals surface area contributed by atoms with Gasteiger partial charge in [-0.05, 0) is 31.4 Å². The van der Waals surface area contributed by atoms with Crippen LogP contribution < -0.4 is 5.32 Å². The van der Waals surface area contributed by atoms with E-state index in [1.54, 1.807) is 0 Å². The molecule has 0 aliphatic carbocycles. The molecule has 2 aromatic rings. The van der Waals surface area contributed by atoms with Crippen LogP contribution in [-0.2, 0) is 20.7 Å². The molecule has 1 saturated heterocycles. The summed E-state index contributed by atoms with van der Waals surface area (Å²) in [7, 11) is 0. The third kappa shape index (κ3) is 3.68. The molecule has 7 nitrogen and oxygen atoms in total. The first-order chi connectivity index (χ1) is 11.1. The van der Waals surface area contributed by atoms with Crippen molar-refractivity contribution in [2.24, 2.45) is 0 Å². The van der Waals surface area contributed by atoms with Crippen LogP contribution in [-0.4, -0.2) is 45.7 Å². The van der Waals surface area contributed by atoms with Crippen LogP contribution in [0.5, 0.6) is 0 Å². The summed E-state index contributed by atoms with van der Waals surface area (Å²) in [5.74, 6) is -0.355. The minimum atomic E-state index is -1.01. The van der Waals surface area contributed by atoms with Crippen LogP contribution in [0.15, 0.2) is 24.3 Å². The van der Waals surface area contributed by atoms with Gasteiger partial charge in [-0.1, -0.05) is 12.1 Å². The summed E-state index contributed by atoms with van der Waals surface area (Å²) < 4.78 is 5.21. The number of benzene rings is 1. The summed E-state index contributed by atoms with van der Waals surface area (Å²) in [5, 5.41) is 11.6. The van der Waals surface area contributed by atoms with E-state index >= 15 is 0 Å². The molecular formula is C16H19N3O4. The van der Waals surface area contributed by atoms with Crippen molar-refractivity contribution in [2.75, 3.05) is 6.54 Å². The van der Waals surface area contributed by atoms with Crippen molar-refractivity contribution < 1.29 is 19.4 Å². The maximum Gasteiger partial charge on any atom is 0.332 e.